The van der Waals surface area contributed by atoms with E-state index in [-0.39, 0.29) is 6.61 Å². The fraction of sp³-hybridized carbons (Fsp3) is 0.100. The molecule has 0 saturated carbocycles. The number of ether oxygens (including phenoxy) is 1. The maximum atomic E-state index is 10.8. The van der Waals surface area contributed by atoms with E-state index in [1.165, 1.54) is 0 Å². The van der Waals surface area contributed by atoms with Gasteiger partial charge in [-0.15, -0.1) is 0 Å². The molecule has 0 amide bonds. The van der Waals surface area contributed by atoms with Crippen molar-refractivity contribution in [3.05, 3.63) is 45.4 Å². The number of benzene rings is 1. The highest BCUT2D eigenvalue weighted by atomic mass is 79.9. The van der Waals surface area contributed by atoms with Crippen molar-refractivity contribution >= 4 is 37.8 Å². The van der Waals surface area contributed by atoms with Gasteiger partial charge in [-0.25, -0.2) is 4.79 Å². The van der Waals surface area contributed by atoms with Crippen molar-refractivity contribution in [1.82, 2.24) is 0 Å². The number of esters is 1. The summed E-state index contributed by atoms with van der Waals surface area (Å²) in [5, 5.41) is 0. The Kier molecular flexibility index (Phi) is 4.35. The average molecular weight is 320 g/mol. The van der Waals surface area contributed by atoms with E-state index in [0.29, 0.717) is 0 Å². The lowest BCUT2D eigenvalue weighted by Gasteiger charge is -2.03. The Labute approximate surface area is 99.2 Å². The summed E-state index contributed by atoms with van der Waals surface area (Å²) in [6, 6.07) is 5.70. The van der Waals surface area contributed by atoms with Gasteiger partial charge in [-0.1, -0.05) is 38.4 Å². The van der Waals surface area contributed by atoms with Crippen LogP contribution in [-0.2, 0) is 16.1 Å². The number of hydrogen-bond donors (Lipinski definition) is 0. The number of halogens is 2. The first kappa shape index (κ1) is 11.5. The zero-order chi connectivity index (χ0) is 10.6. The van der Waals surface area contributed by atoms with Gasteiger partial charge in [-0.3, -0.25) is 0 Å². The van der Waals surface area contributed by atoms with Crippen molar-refractivity contribution in [2.45, 2.75) is 6.61 Å². The first-order valence-electron chi connectivity index (χ1n) is 3.86. The second-order valence-electron chi connectivity index (χ2n) is 2.59. The first-order valence-corrected chi connectivity index (χ1v) is 5.44. The van der Waals surface area contributed by atoms with Gasteiger partial charge >= 0.3 is 5.97 Å². The van der Waals surface area contributed by atoms with E-state index >= 15 is 0 Å². The number of hydrogen-bond acceptors (Lipinski definition) is 2. The van der Waals surface area contributed by atoms with Crippen LogP contribution in [0.1, 0.15) is 5.56 Å². The predicted molar refractivity (Wildman–Crippen MR) is 61.8 cm³/mol. The maximum Gasteiger partial charge on any atom is 0.330 e. The molecule has 0 aliphatic rings. The van der Waals surface area contributed by atoms with Gasteiger partial charge in [0.1, 0.15) is 6.61 Å². The third-order valence-electron chi connectivity index (χ3n) is 1.47. The maximum absolute atomic E-state index is 10.8. The smallest absolute Gasteiger partial charge is 0.330 e. The molecular weight excluding hydrogens is 312 g/mol. The number of carbonyl (C=O) groups excluding carboxylic acids is 1. The second kappa shape index (κ2) is 5.32. The largest absolute Gasteiger partial charge is 0.458 e. The van der Waals surface area contributed by atoms with Crippen LogP contribution in [0.25, 0.3) is 0 Å². The van der Waals surface area contributed by atoms with Crippen molar-refractivity contribution in [3.63, 3.8) is 0 Å². The SMILES string of the molecule is C=CC(=O)OCc1cc(Br)cc(Br)c1. The second-order valence-corrected chi connectivity index (χ2v) is 4.42. The van der Waals surface area contributed by atoms with Gasteiger partial charge in [0.2, 0.25) is 0 Å². The molecule has 0 saturated heterocycles. The molecule has 1 aromatic rings. The van der Waals surface area contributed by atoms with Gasteiger partial charge in [0.05, 0.1) is 0 Å². The van der Waals surface area contributed by atoms with Crippen molar-refractivity contribution < 1.29 is 9.53 Å². The molecule has 0 N–H and O–H groups in total. The summed E-state index contributed by atoms with van der Waals surface area (Å²) in [6.07, 6.45) is 1.15. The van der Waals surface area contributed by atoms with Crippen molar-refractivity contribution in [2.24, 2.45) is 0 Å². The summed E-state index contributed by atoms with van der Waals surface area (Å²) in [6.45, 7) is 3.57. The van der Waals surface area contributed by atoms with Crippen molar-refractivity contribution in [3.8, 4) is 0 Å². The normalized spacial score (nSPS) is 9.57. The fourth-order valence-corrected chi connectivity index (χ4v) is 2.30. The lowest BCUT2D eigenvalue weighted by atomic mass is 10.2. The quantitative estimate of drug-likeness (QED) is 0.630. The van der Waals surface area contributed by atoms with E-state index in [9.17, 15) is 4.79 Å². The van der Waals surface area contributed by atoms with Crippen LogP contribution in [-0.4, -0.2) is 5.97 Å². The van der Waals surface area contributed by atoms with Crippen molar-refractivity contribution in [1.29, 1.82) is 0 Å². The molecule has 1 aromatic carbocycles. The number of rotatable bonds is 3. The lowest BCUT2D eigenvalue weighted by Crippen LogP contribution is -2.00. The van der Waals surface area contributed by atoms with Gasteiger partial charge in [0, 0.05) is 15.0 Å². The molecule has 0 heterocycles. The van der Waals surface area contributed by atoms with Gasteiger partial charge in [-0.2, -0.15) is 0 Å². The molecule has 0 fully saturated rings. The minimum Gasteiger partial charge on any atom is -0.458 e. The monoisotopic (exact) mass is 318 g/mol. The highest BCUT2D eigenvalue weighted by Gasteiger charge is 2.00. The Hall–Kier alpha value is -0.610. The Morgan fingerprint density at radius 3 is 2.43 bits per heavy atom. The zero-order valence-corrected chi connectivity index (χ0v) is 10.5. The first-order chi connectivity index (χ1) is 6.61. The Balaban J connectivity index is 2.67. The molecule has 14 heavy (non-hydrogen) atoms. The predicted octanol–water partition coefficient (Wildman–Crippen LogP) is 3.44. The van der Waals surface area contributed by atoms with Gasteiger partial charge in [0.25, 0.3) is 0 Å². The summed E-state index contributed by atoms with van der Waals surface area (Å²) < 4.78 is 6.77. The standard InChI is InChI=1S/C10H8Br2O2/c1-2-10(13)14-6-7-3-8(11)5-9(12)4-7/h2-5H,1,6H2. The van der Waals surface area contributed by atoms with Gasteiger partial charge < -0.3 is 4.74 Å². The third-order valence-corrected chi connectivity index (χ3v) is 2.39. The topological polar surface area (TPSA) is 26.3 Å². The van der Waals surface area contributed by atoms with Crippen LogP contribution < -0.4 is 0 Å². The summed E-state index contributed by atoms with van der Waals surface area (Å²) in [7, 11) is 0. The van der Waals surface area contributed by atoms with Crippen LogP contribution >= 0.6 is 31.9 Å². The molecule has 0 aliphatic heterocycles. The van der Waals surface area contributed by atoms with Crippen molar-refractivity contribution in [2.75, 3.05) is 0 Å². The Morgan fingerprint density at radius 1 is 1.36 bits per heavy atom. The van der Waals surface area contributed by atoms with E-state index < -0.39 is 5.97 Å². The van der Waals surface area contributed by atoms with E-state index in [1.54, 1.807) is 0 Å². The van der Waals surface area contributed by atoms with Crippen LogP contribution in [0.2, 0.25) is 0 Å². The summed E-state index contributed by atoms with van der Waals surface area (Å²) in [5.41, 5.74) is 0.918. The summed E-state index contributed by atoms with van der Waals surface area (Å²) in [4.78, 5) is 10.8. The van der Waals surface area contributed by atoms with Crippen LogP contribution in [0.5, 0.6) is 0 Å². The molecule has 0 spiro atoms. The minimum atomic E-state index is -0.416. The van der Waals surface area contributed by atoms with Crippen LogP contribution in [0.3, 0.4) is 0 Å². The van der Waals surface area contributed by atoms with Crippen LogP contribution in [0.4, 0.5) is 0 Å². The molecule has 0 unspecified atom stereocenters. The van der Waals surface area contributed by atoms with Gasteiger partial charge in [-0.05, 0) is 23.8 Å². The van der Waals surface area contributed by atoms with E-state index in [2.05, 4.69) is 38.4 Å². The molecular formula is C10H8Br2O2. The molecule has 0 aromatic heterocycles. The fourth-order valence-electron chi connectivity index (χ4n) is 0.908. The van der Waals surface area contributed by atoms with Gasteiger partial charge in [0.15, 0.2) is 0 Å². The third kappa shape index (κ3) is 3.64. The highest BCUT2D eigenvalue weighted by molar-refractivity contribution is 9.11. The molecule has 1 rings (SSSR count). The average Bonchev–Trinajstić information content (AvgIpc) is 2.12. The molecule has 74 valence electrons. The summed E-state index contributed by atoms with van der Waals surface area (Å²) >= 11 is 6.69. The molecule has 0 aliphatic carbocycles. The Bertz CT molecular complexity index is 341. The van der Waals surface area contributed by atoms with E-state index in [0.717, 1.165) is 20.6 Å². The molecule has 0 radical (unpaired) electrons. The molecule has 2 nitrogen and oxygen atoms in total. The van der Waals surface area contributed by atoms with E-state index in [4.69, 9.17) is 4.74 Å². The van der Waals surface area contributed by atoms with E-state index in [1.807, 2.05) is 18.2 Å². The minimum absolute atomic E-state index is 0.253. The number of carbonyl (C=O) groups is 1. The molecule has 0 atom stereocenters. The molecule has 4 heteroatoms. The zero-order valence-electron chi connectivity index (χ0n) is 7.30. The molecule has 0 bridgehead atoms. The van der Waals surface area contributed by atoms with Crippen LogP contribution in [0.15, 0.2) is 39.8 Å². The highest BCUT2D eigenvalue weighted by Crippen LogP contribution is 2.20. The summed E-state index contributed by atoms with van der Waals surface area (Å²) in [5.74, 6) is -0.416. The lowest BCUT2D eigenvalue weighted by molar-refractivity contribution is -0.138. The van der Waals surface area contributed by atoms with Crippen LogP contribution in [0, 0.1) is 0 Å². The Morgan fingerprint density at radius 2 is 1.93 bits per heavy atom.